The van der Waals surface area contributed by atoms with E-state index >= 15 is 0 Å². The van der Waals surface area contributed by atoms with Gasteiger partial charge in [-0.15, -0.1) is 0 Å². The molecule has 0 amide bonds. The zero-order valence-electron chi connectivity index (χ0n) is 4.97. The van der Waals surface area contributed by atoms with E-state index in [9.17, 15) is 0 Å². The number of nitrogens with one attached hydrogen (secondary N) is 1. The van der Waals surface area contributed by atoms with Crippen LogP contribution in [0.1, 0.15) is 6.92 Å². The zero-order chi connectivity index (χ0) is 6.69. The molecule has 1 aromatic heterocycles. The summed E-state index contributed by atoms with van der Waals surface area (Å²) < 4.78 is 4.95. The Balaban J connectivity index is 2.48. The molecule has 1 rings (SSSR count). The van der Waals surface area contributed by atoms with E-state index in [1.165, 1.54) is 0 Å². The Morgan fingerprint density at radius 3 is 3.11 bits per heavy atom. The van der Waals surface area contributed by atoms with Crippen molar-refractivity contribution in [1.82, 2.24) is 9.97 Å². The van der Waals surface area contributed by atoms with Crippen molar-refractivity contribution in [1.29, 1.82) is 0 Å². The molecule has 0 spiro atoms. The van der Waals surface area contributed by atoms with Gasteiger partial charge in [0.2, 0.25) is 0 Å². The van der Waals surface area contributed by atoms with E-state index in [1.807, 2.05) is 0 Å². The average molecular weight is 147 g/mol. The predicted molar refractivity (Wildman–Crippen MR) is 34.5 cm³/mol. The van der Waals surface area contributed by atoms with Crippen LogP contribution in [0.15, 0.2) is 12.4 Å². The minimum Gasteiger partial charge on any atom is -0.445 e. The lowest BCUT2D eigenvalue weighted by atomic mass is 10.8. The number of aromatic amines is 1. The molecule has 1 unspecified atom stereocenters. The maximum Gasteiger partial charge on any atom is 0.294 e. The Morgan fingerprint density at radius 2 is 2.67 bits per heavy atom. The average Bonchev–Trinajstić information content (AvgIpc) is 2.15. The number of hydrogen-bond acceptors (Lipinski definition) is 2. The van der Waals surface area contributed by atoms with Gasteiger partial charge in [-0.05, 0) is 6.92 Å². The second kappa shape index (κ2) is 2.73. The van der Waals surface area contributed by atoms with Crippen LogP contribution in [0.4, 0.5) is 0 Å². The number of rotatable bonds is 2. The lowest BCUT2D eigenvalue weighted by Crippen LogP contribution is -2.03. The van der Waals surface area contributed by atoms with Gasteiger partial charge in [-0.25, -0.2) is 4.98 Å². The lowest BCUT2D eigenvalue weighted by Gasteiger charge is -2.01. The summed E-state index contributed by atoms with van der Waals surface area (Å²) in [5.41, 5.74) is -0.337. The zero-order valence-corrected chi connectivity index (χ0v) is 5.72. The number of alkyl halides is 1. The fourth-order valence-corrected chi connectivity index (χ4v) is 0.553. The molecule has 0 saturated carbocycles. The van der Waals surface area contributed by atoms with E-state index in [4.69, 9.17) is 16.3 Å². The molecule has 4 heteroatoms. The summed E-state index contributed by atoms with van der Waals surface area (Å²) in [6, 6.07) is 0.456. The highest BCUT2D eigenvalue weighted by Gasteiger charge is 1.97. The Hall–Kier alpha value is -0.700. The van der Waals surface area contributed by atoms with Crippen molar-refractivity contribution in [3.8, 4) is 6.01 Å². The minimum atomic E-state index is -0.337. The fraction of sp³-hybridized carbons (Fsp3) is 0.400. The normalized spacial score (nSPS) is 13.1. The van der Waals surface area contributed by atoms with Crippen molar-refractivity contribution in [2.24, 2.45) is 0 Å². The van der Waals surface area contributed by atoms with E-state index in [1.54, 1.807) is 19.3 Å². The fourth-order valence-electron chi connectivity index (χ4n) is 0.469. The first-order valence-electron chi connectivity index (χ1n) is 2.59. The molecule has 0 saturated heterocycles. The summed E-state index contributed by atoms with van der Waals surface area (Å²) in [4.78, 5) is 6.54. The van der Waals surface area contributed by atoms with Crippen molar-refractivity contribution in [2.45, 2.75) is 12.5 Å². The third kappa shape index (κ3) is 1.93. The van der Waals surface area contributed by atoms with E-state index in [2.05, 4.69) is 9.97 Å². The van der Waals surface area contributed by atoms with Crippen molar-refractivity contribution in [2.75, 3.05) is 0 Å². The van der Waals surface area contributed by atoms with Gasteiger partial charge in [0, 0.05) is 12.4 Å². The third-order valence-electron chi connectivity index (χ3n) is 0.747. The van der Waals surface area contributed by atoms with Crippen molar-refractivity contribution < 1.29 is 4.74 Å². The monoisotopic (exact) mass is 146 g/mol. The van der Waals surface area contributed by atoms with Crippen molar-refractivity contribution in [3.63, 3.8) is 0 Å². The van der Waals surface area contributed by atoms with E-state index in [-0.39, 0.29) is 5.56 Å². The van der Waals surface area contributed by atoms with Crippen LogP contribution in [0.5, 0.6) is 6.01 Å². The molecule has 1 aromatic rings. The molecular formula is C5H7ClN2O. The Morgan fingerprint density at radius 1 is 1.89 bits per heavy atom. The second-order valence-corrected chi connectivity index (χ2v) is 2.17. The smallest absolute Gasteiger partial charge is 0.294 e. The number of ether oxygens (including phenoxy) is 1. The van der Waals surface area contributed by atoms with Gasteiger partial charge < -0.3 is 9.72 Å². The van der Waals surface area contributed by atoms with Crippen LogP contribution in [0, 0.1) is 0 Å². The van der Waals surface area contributed by atoms with Gasteiger partial charge in [-0.1, -0.05) is 11.6 Å². The summed E-state index contributed by atoms with van der Waals surface area (Å²) in [5, 5.41) is 0. The van der Waals surface area contributed by atoms with Crippen LogP contribution in [-0.2, 0) is 0 Å². The number of imidazole rings is 1. The van der Waals surface area contributed by atoms with Crippen LogP contribution in [0.25, 0.3) is 0 Å². The first kappa shape index (κ1) is 6.42. The molecule has 1 heterocycles. The number of nitrogens with zero attached hydrogens (tertiary/aromatic N) is 1. The van der Waals surface area contributed by atoms with Crippen LogP contribution in [-0.4, -0.2) is 15.5 Å². The molecule has 0 radical (unpaired) electrons. The van der Waals surface area contributed by atoms with Gasteiger partial charge in [0.05, 0.1) is 0 Å². The molecule has 0 aliphatic carbocycles. The third-order valence-corrected chi connectivity index (χ3v) is 0.836. The Kier molecular flexibility index (Phi) is 1.95. The topological polar surface area (TPSA) is 37.9 Å². The highest BCUT2D eigenvalue weighted by atomic mass is 35.5. The van der Waals surface area contributed by atoms with Crippen LogP contribution in [0.3, 0.4) is 0 Å². The first-order chi connectivity index (χ1) is 4.29. The molecule has 3 nitrogen and oxygen atoms in total. The molecule has 50 valence electrons. The van der Waals surface area contributed by atoms with Crippen LogP contribution >= 0.6 is 11.6 Å². The summed E-state index contributed by atoms with van der Waals surface area (Å²) in [6.07, 6.45) is 3.28. The quantitative estimate of drug-likeness (QED) is 0.640. The maximum absolute atomic E-state index is 5.49. The second-order valence-electron chi connectivity index (χ2n) is 1.56. The molecule has 1 N–H and O–H groups in total. The lowest BCUT2D eigenvalue weighted by molar-refractivity contribution is 0.279. The van der Waals surface area contributed by atoms with Gasteiger partial charge in [-0.2, -0.15) is 0 Å². The summed E-state index contributed by atoms with van der Waals surface area (Å²) in [5.74, 6) is 0. The molecule has 1 atom stereocenters. The van der Waals surface area contributed by atoms with Gasteiger partial charge in [0.25, 0.3) is 6.01 Å². The molecule has 0 bridgehead atoms. The van der Waals surface area contributed by atoms with Gasteiger partial charge in [0.1, 0.15) is 0 Å². The summed E-state index contributed by atoms with van der Waals surface area (Å²) in [6.45, 7) is 1.73. The number of hydrogen-bond donors (Lipinski definition) is 1. The molecule has 0 fully saturated rings. The molecule has 0 aromatic carbocycles. The highest BCUT2D eigenvalue weighted by Crippen LogP contribution is 2.03. The first-order valence-corrected chi connectivity index (χ1v) is 3.03. The highest BCUT2D eigenvalue weighted by molar-refractivity contribution is 6.19. The molecular weight excluding hydrogens is 140 g/mol. The van der Waals surface area contributed by atoms with Crippen molar-refractivity contribution >= 4 is 11.6 Å². The number of H-pyrrole nitrogens is 1. The Labute approximate surface area is 58.0 Å². The summed E-state index contributed by atoms with van der Waals surface area (Å²) >= 11 is 5.49. The molecule has 0 aliphatic rings. The van der Waals surface area contributed by atoms with Crippen LogP contribution in [0.2, 0.25) is 0 Å². The molecule has 9 heavy (non-hydrogen) atoms. The summed E-state index contributed by atoms with van der Waals surface area (Å²) in [7, 11) is 0. The SMILES string of the molecule is CC(Cl)Oc1ncc[nH]1. The van der Waals surface area contributed by atoms with Gasteiger partial charge in [-0.3, -0.25) is 0 Å². The van der Waals surface area contributed by atoms with Gasteiger partial charge in [0.15, 0.2) is 5.56 Å². The standard InChI is InChI=1S/C5H7ClN2O/c1-4(6)9-5-7-2-3-8-5/h2-4H,1H3,(H,7,8). The predicted octanol–water partition coefficient (Wildman–Crippen LogP) is 1.37. The molecule has 0 aliphatic heterocycles. The van der Waals surface area contributed by atoms with Crippen molar-refractivity contribution in [3.05, 3.63) is 12.4 Å². The number of aromatic nitrogens is 2. The number of halogens is 1. The van der Waals surface area contributed by atoms with Crippen LogP contribution < -0.4 is 4.74 Å². The van der Waals surface area contributed by atoms with E-state index in [0.717, 1.165) is 0 Å². The largest absolute Gasteiger partial charge is 0.445 e. The minimum absolute atomic E-state index is 0.337. The maximum atomic E-state index is 5.49. The van der Waals surface area contributed by atoms with E-state index < -0.39 is 0 Å². The van der Waals surface area contributed by atoms with E-state index in [0.29, 0.717) is 6.01 Å². The Bertz CT molecular complexity index is 161. The van der Waals surface area contributed by atoms with Gasteiger partial charge >= 0.3 is 0 Å².